The number of nitrogens with zero attached hydrogens (tertiary/aromatic N) is 2. The Morgan fingerprint density at radius 1 is 1.53 bits per heavy atom. The molecule has 0 bridgehead atoms. The molecule has 0 N–H and O–H groups in total. The van der Waals surface area contributed by atoms with E-state index in [1.165, 1.54) is 0 Å². The second kappa shape index (κ2) is 6.03. The monoisotopic (exact) mass is 276 g/mol. The van der Waals surface area contributed by atoms with Crippen LogP contribution in [0.3, 0.4) is 0 Å². The van der Waals surface area contributed by atoms with Crippen molar-refractivity contribution in [3.05, 3.63) is 27.4 Å². The van der Waals surface area contributed by atoms with Crippen LogP contribution >= 0.6 is 0 Å². The van der Waals surface area contributed by atoms with Gasteiger partial charge in [0.2, 0.25) is 0 Å². The molecule has 1 heterocycles. The quantitative estimate of drug-likeness (QED) is 0.461. The van der Waals surface area contributed by atoms with Crippen LogP contribution in [-0.4, -0.2) is 30.1 Å². The van der Waals surface area contributed by atoms with Crippen molar-refractivity contribution < 1.29 is 28.0 Å². The second-order valence-corrected chi connectivity index (χ2v) is 3.36. The number of hydrogen-bond donors (Lipinski definition) is 0. The lowest BCUT2D eigenvalue weighted by atomic mass is 10.1. The highest BCUT2D eigenvalue weighted by Crippen LogP contribution is 2.35. The normalized spacial score (nSPS) is 10.4. The molecule has 0 spiro atoms. The van der Waals surface area contributed by atoms with Gasteiger partial charge < -0.3 is 9.47 Å². The summed E-state index contributed by atoms with van der Waals surface area (Å²) < 4.78 is 34.6. The van der Waals surface area contributed by atoms with Crippen molar-refractivity contribution in [2.75, 3.05) is 14.2 Å². The number of hydrogen-bond acceptors (Lipinski definition) is 6. The third-order valence-electron chi connectivity index (χ3n) is 2.32. The number of rotatable bonds is 5. The minimum atomic E-state index is -3.00. The van der Waals surface area contributed by atoms with E-state index in [9.17, 15) is 23.7 Å². The van der Waals surface area contributed by atoms with Crippen LogP contribution in [0.4, 0.5) is 14.5 Å². The maximum Gasteiger partial charge on any atom is 0.335 e. The summed E-state index contributed by atoms with van der Waals surface area (Å²) in [6, 6.07) is 0. The van der Waals surface area contributed by atoms with E-state index in [1.54, 1.807) is 0 Å². The van der Waals surface area contributed by atoms with Gasteiger partial charge in [-0.2, -0.15) is 0 Å². The smallest absolute Gasteiger partial charge is 0.335 e. The molecule has 0 saturated heterocycles. The number of methoxy groups -OCH3 is 2. The fourth-order valence-corrected chi connectivity index (χ4v) is 1.46. The number of alkyl halides is 2. The van der Waals surface area contributed by atoms with Gasteiger partial charge in [-0.05, 0) is 0 Å². The standard InChI is InChI=1S/C10H10F2N2O5/c1-18-7(15)3-5-6(9(11)12)4-13-10(19-2)8(5)14(16)17/h4,9H,3H2,1-2H3. The molecule has 0 aliphatic heterocycles. The van der Waals surface area contributed by atoms with Crippen LogP contribution in [0.1, 0.15) is 17.6 Å². The Hall–Kier alpha value is -2.32. The molecule has 0 amide bonds. The second-order valence-electron chi connectivity index (χ2n) is 3.36. The van der Waals surface area contributed by atoms with E-state index in [-0.39, 0.29) is 0 Å². The first-order valence-electron chi connectivity index (χ1n) is 4.97. The summed E-state index contributed by atoms with van der Waals surface area (Å²) in [6.07, 6.45) is -2.92. The molecular weight excluding hydrogens is 266 g/mol. The first-order chi connectivity index (χ1) is 8.92. The van der Waals surface area contributed by atoms with Crippen molar-refractivity contribution in [2.45, 2.75) is 12.8 Å². The average Bonchev–Trinajstić information content (AvgIpc) is 2.36. The molecule has 19 heavy (non-hydrogen) atoms. The molecule has 0 unspecified atom stereocenters. The van der Waals surface area contributed by atoms with Crippen LogP contribution < -0.4 is 4.74 Å². The van der Waals surface area contributed by atoms with E-state index in [0.717, 1.165) is 20.4 Å². The Morgan fingerprint density at radius 3 is 2.58 bits per heavy atom. The summed E-state index contributed by atoms with van der Waals surface area (Å²) in [7, 11) is 2.16. The number of carbonyl (C=O) groups is 1. The lowest BCUT2D eigenvalue weighted by Gasteiger charge is -2.10. The highest BCUT2D eigenvalue weighted by Gasteiger charge is 2.30. The Morgan fingerprint density at radius 2 is 2.16 bits per heavy atom. The first-order valence-corrected chi connectivity index (χ1v) is 4.97. The highest BCUT2D eigenvalue weighted by molar-refractivity contribution is 5.75. The molecule has 0 atom stereocenters. The van der Waals surface area contributed by atoms with Gasteiger partial charge in [-0.25, -0.2) is 13.8 Å². The van der Waals surface area contributed by atoms with Crippen molar-refractivity contribution in [3.8, 4) is 5.88 Å². The third kappa shape index (κ3) is 3.12. The van der Waals surface area contributed by atoms with Gasteiger partial charge in [0.1, 0.15) is 0 Å². The van der Waals surface area contributed by atoms with Gasteiger partial charge >= 0.3 is 11.7 Å². The van der Waals surface area contributed by atoms with Crippen LogP contribution in [0.5, 0.6) is 5.88 Å². The van der Waals surface area contributed by atoms with Gasteiger partial charge in [0, 0.05) is 11.8 Å². The Bertz CT molecular complexity index is 507. The summed E-state index contributed by atoms with van der Waals surface area (Å²) in [5.41, 5.74) is -1.91. The van der Waals surface area contributed by atoms with E-state index in [4.69, 9.17) is 0 Å². The van der Waals surface area contributed by atoms with Crippen molar-refractivity contribution in [1.82, 2.24) is 4.98 Å². The van der Waals surface area contributed by atoms with Gasteiger partial charge in [-0.3, -0.25) is 14.9 Å². The van der Waals surface area contributed by atoms with E-state index in [1.807, 2.05) is 0 Å². The Balaban J connectivity index is 3.48. The molecule has 0 aliphatic carbocycles. The Kier molecular flexibility index (Phi) is 4.67. The number of aromatic nitrogens is 1. The highest BCUT2D eigenvalue weighted by atomic mass is 19.3. The largest absolute Gasteiger partial charge is 0.476 e. The number of nitro groups is 1. The van der Waals surface area contributed by atoms with E-state index in [0.29, 0.717) is 0 Å². The molecule has 0 fully saturated rings. The molecule has 9 heteroatoms. The molecule has 1 aromatic heterocycles. The Labute approximate surface area is 106 Å². The number of esters is 1. The van der Waals surface area contributed by atoms with Crippen LogP contribution in [-0.2, 0) is 16.0 Å². The fourth-order valence-electron chi connectivity index (χ4n) is 1.46. The summed E-state index contributed by atoms with van der Waals surface area (Å²) in [6.45, 7) is 0. The van der Waals surface area contributed by atoms with Crippen molar-refractivity contribution >= 4 is 11.7 Å². The number of halogens is 2. The molecule has 0 aliphatic rings. The maximum absolute atomic E-state index is 12.8. The number of pyridine rings is 1. The van der Waals surface area contributed by atoms with E-state index < -0.39 is 46.4 Å². The molecule has 1 rings (SSSR count). The van der Waals surface area contributed by atoms with E-state index >= 15 is 0 Å². The molecular formula is C10H10F2N2O5. The first kappa shape index (κ1) is 14.7. The van der Waals surface area contributed by atoms with Crippen LogP contribution in [0, 0.1) is 10.1 Å². The van der Waals surface area contributed by atoms with Crippen LogP contribution in [0.25, 0.3) is 0 Å². The average molecular weight is 276 g/mol. The minimum absolute atomic E-state index is 0.437. The topological polar surface area (TPSA) is 91.6 Å². The molecule has 104 valence electrons. The molecule has 0 saturated carbocycles. The van der Waals surface area contributed by atoms with E-state index in [2.05, 4.69) is 14.5 Å². The zero-order valence-corrected chi connectivity index (χ0v) is 10.1. The molecule has 0 radical (unpaired) electrons. The predicted octanol–water partition coefficient (Wildman–Crippen LogP) is 1.65. The summed E-state index contributed by atoms with van der Waals surface area (Å²) in [5.74, 6) is -1.31. The number of carbonyl (C=O) groups excluding carboxylic acids is 1. The number of ether oxygens (including phenoxy) is 2. The van der Waals surface area contributed by atoms with Crippen LogP contribution in [0.15, 0.2) is 6.20 Å². The van der Waals surface area contributed by atoms with Gasteiger partial charge in [-0.15, -0.1) is 0 Å². The summed E-state index contributed by atoms with van der Waals surface area (Å²) in [5, 5.41) is 10.9. The minimum Gasteiger partial charge on any atom is -0.476 e. The van der Waals surface area contributed by atoms with Gasteiger partial charge in [-0.1, -0.05) is 0 Å². The molecule has 7 nitrogen and oxygen atoms in total. The van der Waals surface area contributed by atoms with Crippen molar-refractivity contribution in [3.63, 3.8) is 0 Å². The van der Waals surface area contributed by atoms with Gasteiger partial charge in [0.25, 0.3) is 12.3 Å². The fraction of sp³-hybridized carbons (Fsp3) is 0.400. The predicted molar refractivity (Wildman–Crippen MR) is 58.1 cm³/mol. The van der Waals surface area contributed by atoms with Crippen molar-refractivity contribution in [1.29, 1.82) is 0 Å². The molecule has 1 aromatic rings. The van der Waals surface area contributed by atoms with Crippen molar-refractivity contribution in [2.24, 2.45) is 0 Å². The van der Waals surface area contributed by atoms with Gasteiger partial charge in [0.15, 0.2) is 0 Å². The maximum atomic E-state index is 12.8. The summed E-state index contributed by atoms with van der Waals surface area (Å²) in [4.78, 5) is 24.6. The third-order valence-corrected chi connectivity index (χ3v) is 2.32. The zero-order valence-electron chi connectivity index (χ0n) is 10.1. The van der Waals surface area contributed by atoms with Gasteiger partial charge in [0.05, 0.1) is 31.1 Å². The SMILES string of the molecule is COC(=O)Cc1c(C(F)F)cnc(OC)c1[N+](=O)[O-]. The lowest BCUT2D eigenvalue weighted by molar-refractivity contribution is -0.386. The lowest BCUT2D eigenvalue weighted by Crippen LogP contribution is -2.11. The molecule has 0 aromatic carbocycles. The van der Waals surface area contributed by atoms with Crippen LogP contribution in [0.2, 0.25) is 0 Å². The summed E-state index contributed by atoms with van der Waals surface area (Å²) >= 11 is 0. The zero-order chi connectivity index (χ0) is 14.6.